The number of rotatable bonds is 4. The van der Waals surface area contributed by atoms with E-state index in [1.807, 2.05) is 0 Å². The smallest absolute Gasteiger partial charge is 0.241 e. The molecule has 1 saturated heterocycles. The molecule has 1 unspecified atom stereocenters. The second-order valence-electron chi connectivity index (χ2n) is 4.74. The predicted molar refractivity (Wildman–Crippen MR) is 66.3 cm³/mol. The zero-order chi connectivity index (χ0) is 12.8. The van der Waals surface area contributed by atoms with Crippen LogP contribution in [0.1, 0.15) is 32.6 Å². The summed E-state index contributed by atoms with van der Waals surface area (Å²) in [6.07, 6.45) is 3.03. The molecular formula is C12H23N3O2. The van der Waals surface area contributed by atoms with E-state index < -0.39 is 0 Å². The Morgan fingerprint density at radius 2 is 2.18 bits per heavy atom. The first-order valence-corrected chi connectivity index (χ1v) is 6.32. The van der Waals surface area contributed by atoms with Gasteiger partial charge in [-0.2, -0.15) is 0 Å². The summed E-state index contributed by atoms with van der Waals surface area (Å²) in [6.45, 7) is 3.64. The van der Waals surface area contributed by atoms with Crippen LogP contribution in [0, 0.1) is 0 Å². The second-order valence-corrected chi connectivity index (χ2v) is 4.74. The number of carbonyl (C=O) groups is 2. The van der Waals surface area contributed by atoms with Gasteiger partial charge >= 0.3 is 0 Å². The fraction of sp³-hybridized carbons (Fsp3) is 0.833. The van der Waals surface area contributed by atoms with Crippen LogP contribution in [0.2, 0.25) is 0 Å². The van der Waals surface area contributed by atoms with Crippen LogP contribution in [0.4, 0.5) is 0 Å². The van der Waals surface area contributed by atoms with Gasteiger partial charge in [0.1, 0.15) is 0 Å². The van der Waals surface area contributed by atoms with Crippen molar-refractivity contribution in [3.05, 3.63) is 0 Å². The number of amides is 2. The van der Waals surface area contributed by atoms with Crippen LogP contribution in [0.15, 0.2) is 0 Å². The zero-order valence-corrected chi connectivity index (χ0v) is 10.8. The van der Waals surface area contributed by atoms with Crippen molar-refractivity contribution in [2.75, 3.05) is 26.7 Å². The molecule has 17 heavy (non-hydrogen) atoms. The Labute approximate surface area is 103 Å². The third-order valence-corrected chi connectivity index (χ3v) is 3.12. The predicted octanol–water partition coefficient (Wildman–Crippen LogP) is 0.195. The van der Waals surface area contributed by atoms with Crippen LogP contribution in [0.3, 0.4) is 0 Å². The van der Waals surface area contributed by atoms with Gasteiger partial charge in [0.15, 0.2) is 0 Å². The first-order chi connectivity index (χ1) is 8.04. The maximum atomic E-state index is 12.0. The molecule has 1 fully saturated rings. The molecule has 5 heteroatoms. The number of carbonyl (C=O) groups excluding carboxylic acids is 2. The van der Waals surface area contributed by atoms with Crippen molar-refractivity contribution in [2.24, 2.45) is 5.73 Å². The summed E-state index contributed by atoms with van der Waals surface area (Å²) in [4.78, 5) is 26.9. The molecule has 0 aromatic carbocycles. The van der Waals surface area contributed by atoms with E-state index in [1.165, 1.54) is 0 Å². The highest BCUT2D eigenvalue weighted by Gasteiger charge is 2.23. The van der Waals surface area contributed by atoms with Gasteiger partial charge < -0.3 is 15.5 Å². The molecule has 98 valence electrons. The number of hydrogen-bond donors (Lipinski definition) is 1. The number of likely N-dealkylation sites (N-methyl/N-ethyl adjacent to an activating group) is 1. The lowest BCUT2D eigenvalue weighted by Crippen LogP contribution is -2.40. The molecule has 1 heterocycles. The van der Waals surface area contributed by atoms with Gasteiger partial charge in [0.05, 0.1) is 6.54 Å². The average Bonchev–Trinajstić information content (AvgIpc) is 2.42. The summed E-state index contributed by atoms with van der Waals surface area (Å²) in [5, 5.41) is 0. The molecule has 1 aliphatic heterocycles. The van der Waals surface area contributed by atoms with E-state index in [0.717, 1.165) is 25.8 Å². The van der Waals surface area contributed by atoms with Crippen LogP contribution < -0.4 is 5.73 Å². The van der Waals surface area contributed by atoms with E-state index in [9.17, 15) is 9.59 Å². The van der Waals surface area contributed by atoms with E-state index in [2.05, 4.69) is 6.92 Å². The van der Waals surface area contributed by atoms with Crippen molar-refractivity contribution in [3.63, 3.8) is 0 Å². The van der Waals surface area contributed by atoms with Gasteiger partial charge in [0.25, 0.3) is 0 Å². The first-order valence-electron chi connectivity index (χ1n) is 6.32. The topological polar surface area (TPSA) is 66.6 Å². The van der Waals surface area contributed by atoms with Crippen LogP contribution in [0.5, 0.6) is 0 Å². The van der Waals surface area contributed by atoms with E-state index >= 15 is 0 Å². The van der Waals surface area contributed by atoms with Gasteiger partial charge in [0.2, 0.25) is 11.8 Å². The molecule has 0 aliphatic carbocycles. The molecule has 2 amide bonds. The Morgan fingerprint density at radius 3 is 2.82 bits per heavy atom. The Hall–Kier alpha value is -1.10. The standard InChI is InChI=1S/C12H23N3O2/c1-3-5-10(13)8-11(16)15-7-4-6-14(2)12(17)9-15/h10H,3-9,13H2,1-2H3. The zero-order valence-electron chi connectivity index (χ0n) is 10.8. The molecule has 2 N–H and O–H groups in total. The molecule has 1 aliphatic rings. The van der Waals surface area contributed by atoms with Crippen molar-refractivity contribution >= 4 is 11.8 Å². The normalized spacial score (nSPS) is 19.1. The highest BCUT2D eigenvalue weighted by molar-refractivity contribution is 5.85. The summed E-state index contributed by atoms with van der Waals surface area (Å²) in [7, 11) is 1.78. The van der Waals surface area contributed by atoms with Crippen LogP contribution >= 0.6 is 0 Å². The van der Waals surface area contributed by atoms with Crippen LogP contribution in [-0.4, -0.2) is 54.3 Å². The monoisotopic (exact) mass is 241 g/mol. The Bertz CT molecular complexity index is 281. The van der Waals surface area contributed by atoms with Gasteiger partial charge in [0, 0.05) is 32.6 Å². The van der Waals surface area contributed by atoms with Gasteiger partial charge in [-0.05, 0) is 12.8 Å². The fourth-order valence-corrected chi connectivity index (χ4v) is 2.03. The van der Waals surface area contributed by atoms with Crippen molar-refractivity contribution in [2.45, 2.75) is 38.6 Å². The van der Waals surface area contributed by atoms with Crippen LogP contribution in [0.25, 0.3) is 0 Å². The third kappa shape index (κ3) is 4.34. The quantitative estimate of drug-likeness (QED) is 0.764. The summed E-state index contributed by atoms with van der Waals surface area (Å²) in [5.41, 5.74) is 5.85. The molecular weight excluding hydrogens is 218 g/mol. The largest absolute Gasteiger partial charge is 0.344 e. The lowest BCUT2D eigenvalue weighted by molar-refractivity contribution is -0.138. The lowest BCUT2D eigenvalue weighted by atomic mass is 10.1. The molecule has 0 aromatic heterocycles. The summed E-state index contributed by atoms with van der Waals surface area (Å²) in [6, 6.07) is -0.0800. The second kappa shape index (κ2) is 6.59. The van der Waals surface area contributed by atoms with Crippen molar-refractivity contribution in [1.82, 2.24) is 9.80 Å². The van der Waals surface area contributed by atoms with E-state index in [0.29, 0.717) is 13.0 Å². The minimum Gasteiger partial charge on any atom is -0.344 e. The SMILES string of the molecule is CCCC(N)CC(=O)N1CCCN(C)C(=O)C1. The Morgan fingerprint density at radius 1 is 1.47 bits per heavy atom. The van der Waals surface area contributed by atoms with Crippen molar-refractivity contribution in [1.29, 1.82) is 0 Å². The minimum atomic E-state index is -0.0800. The fourth-order valence-electron chi connectivity index (χ4n) is 2.03. The maximum Gasteiger partial charge on any atom is 0.241 e. The van der Waals surface area contributed by atoms with Gasteiger partial charge in [-0.3, -0.25) is 9.59 Å². The highest BCUT2D eigenvalue weighted by atomic mass is 16.2. The number of nitrogens with zero attached hydrogens (tertiary/aromatic N) is 2. The summed E-state index contributed by atoms with van der Waals surface area (Å²) in [5.74, 6) is 0.0227. The van der Waals surface area contributed by atoms with E-state index in [4.69, 9.17) is 5.73 Å². The maximum absolute atomic E-state index is 12.0. The third-order valence-electron chi connectivity index (χ3n) is 3.12. The van der Waals surface area contributed by atoms with Crippen LogP contribution in [-0.2, 0) is 9.59 Å². The summed E-state index contributed by atoms with van der Waals surface area (Å²) < 4.78 is 0. The molecule has 0 aromatic rings. The molecule has 0 saturated carbocycles. The molecule has 1 atom stereocenters. The molecule has 5 nitrogen and oxygen atoms in total. The van der Waals surface area contributed by atoms with E-state index in [-0.39, 0.29) is 24.4 Å². The van der Waals surface area contributed by atoms with Crippen molar-refractivity contribution in [3.8, 4) is 0 Å². The Kier molecular flexibility index (Phi) is 5.41. The molecule has 0 radical (unpaired) electrons. The average molecular weight is 241 g/mol. The van der Waals surface area contributed by atoms with Gasteiger partial charge in [-0.1, -0.05) is 13.3 Å². The lowest BCUT2D eigenvalue weighted by Gasteiger charge is -2.21. The van der Waals surface area contributed by atoms with Crippen molar-refractivity contribution < 1.29 is 9.59 Å². The molecule has 0 spiro atoms. The summed E-state index contributed by atoms with van der Waals surface area (Å²) >= 11 is 0. The van der Waals surface area contributed by atoms with Gasteiger partial charge in [-0.15, -0.1) is 0 Å². The molecule has 1 rings (SSSR count). The number of hydrogen-bond acceptors (Lipinski definition) is 3. The van der Waals surface area contributed by atoms with Gasteiger partial charge in [-0.25, -0.2) is 0 Å². The highest BCUT2D eigenvalue weighted by Crippen LogP contribution is 2.07. The molecule has 0 bridgehead atoms. The number of nitrogens with two attached hydrogens (primary N) is 1. The minimum absolute atomic E-state index is 0.00889. The Balaban J connectivity index is 2.48. The van der Waals surface area contributed by atoms with E-state index in [1.54, 1.807) is 16.8 Å². The first kappa shape index (κ1) is 14.0.